The zero-order chi connectivity index (χ0) is 14.3. The van der Waals surface area contributed by atoms with E-state index >= 15 is 0 Å². The number of sulfonamides is 1. The monoisotopic (exact) mass is 296 g/mol. The second kappa shape index (κ2) is 4.64. The van der Waals surface area contributed by atoms with E-state index in [9.17, 15) is 12.8 Å². The van der Waals surface area contributed by atoms with Crippen molar-refractivity contribution >= 4 is 10.0 Å². The van der Waals surface area contributed by atoms with Gasteiger partial charge >= 0.3 is 0 Å². The zero-order valence-electron chi connectivity index (χ0n) is 10.5. The summed E-state index contributed by atoms with van der Waals surface area (Å²) in [5, 5.41) is 12.6. The van der Waals surface area contributed by atoms with Crippen LogP contribution in [0.3, 0.4) is 0 Å². The summed E-state index contributed by atoms with van der Waals surface area (Å²) < 4.78 is 37.5. The maximum Gasteiger partial charge on any atom is 0.273 e. The van der Waals surface area contributed by atoms with Crippen molar-refractivity contribution in [2.45, 2.75) is 30.5 Å². The molecule has 20 heavy (non-hydrogen) atoms. The minimum absolute atomic E-state index is 0.0915. The van der Waals surface area contributed by atoms with E-state index < -0.39 is 10.0 Å². The van der Waals surface area contributed by atoms with Crippen LogP contribution in [0.4, 0.5) is 4.39 Å². The molecule has 0 saturated heterocycles. The standard InChI is InChI=1S/C12H13FN4O2S/c13-9-3-1-8(2-4-9)7-11-15-16-12(20(14,18)19)17(11)10-5-6-10/h1-4,10H,5-7H2,(H2,14,18,19). The molecule has 0 radical (unpaired) electrons. The van der Waals surface area contributed by atoms with E-state index in [1.807, 2.05) is 0 Å². The first-order valence-corrected chi connectivity index (χ1v) is 7.71. The number of benzene rings is 1. The smallest absolute Gasteiger partial charge is 0.273 e. The quantitative estimate of drug-likeness (QED) is 0.911. The number of halogens is 1. The van der Waals surface area contributed by atoms with E-state index in [-0.39, 0.29) is 17.0 Å². The summed E-state index contributed by atoms with van der Waals surface area (Å²) in [6, 6.07) is 6.07. The van der Waals surface area contributed by atoms with Gasteiger partial charge in [-0.2, -0.15) is 0 Å². The Bertz CT molecular complexity index is 735. The first kappa shape index (κ1) is 13.2. The van der Waals surface area contributed by atoms with Gasteiger partial charge in [-0.15, -0.1) is 10.2 Å². The van der Waals surface area contributed by atoms with Crippen molar-refractivity contribution < 1.29 is 12.8 Å². The molecule has 106 valence electrons. The average molecular weight is 296 g/mol. The molecule has 3 rings (SSSR count). The third-order valence-electron chi connectivity index (χ3n) is 3.18. The van der Waals surface area contributed by atoms with Crippen LogP contribution in [0.1, 0.15) is 30.3 Å². The highest BCUT2D eigenvalue weighted by atomic mass is 32.2. The molecule has 2 aromatic rings. The lowest BCUT2D eigenvalue weighted by atomic mass is 10.1. The summed E-state index contributed by atoms with van der Waals surface area (Å²) >= 11 is 0. The van der Waals surface area contributed by atoms with Gasteiger partial charge in [-0.05, 0) is 30.5 Å². The fourth-order valence-corrected chi connectivity index (χ4v) is 2.79. The Kier molecular flexibility index (Phi) is 3.06. The van der Waals surface area contributed by atoms with Gasteiger partial charge in [0.1, 0.15) is 11.6 Å². The molecule has 0 amide bonds. The van der Waals surface area contributed by atoms with E-state index in [0.29, 0.717) is 12.2 Å². The van der Waals surface area contributed by atoms with Gasteiger partial charge in [0, 0.05) is 12.5 Å². The lowest BCUT2D eigenvalue weighted by molar-refractivity contribution is 0.560. The molecule has 0 aliphatic heterocycles. The van der Waals surface area contributed by atoms with Crippen LogP contribution in [0.25, 0.3) is 0 Å². The molecule has 1 aliphatic rings. The van der Waals surface area contributed by atoms with Gasteiger partial charge in [-0.1, -0.05) is 12.1 Å². The lowest BCUT2D eigenvalue weighted by Crippen LogP contribution is -2.19. The molecule has 1 aromatic heterocycles. The largest absolute Gasteiger partial charge is 0.297 e. The van der Waals surface area contributed by atoms with Crippen LogP contribution in [-0.2, 0) is 16.4 Å². The zero-order valence-corrected chi connectivity index (χ0v) is 11.3. The van der Waals surface area contributed by atoms with Crippen LogP contribution >= 0.6 is 0 Å². The van der Waals surface area contributed by atoms with E-state index in [2.05, 4.69) is 10.2 Å². The highest BCUT2D eigenvalue weighted by Gasteiger charge is 2.32. The Morgan fingerprint density at radius 1 is 1.25 bits per heavy atom. The van der Waals surface area contributed by atoms with E-state index in [1.54, 1.807) is 16.7 Å². The van der Waals surface area contributed by atoms with E-state index in [1.165, 1.54) is 12.1 Å². The second-order valence-electron chi connectivity index (χ2n) is 4.85. The first-order chi connectivity index (χ1) is 9.45. The molecule has 1 saturated carbocycles. The van der Waals surface area contributed by atoms with Gasteiger partial charge in [-0.3, -0.25) is 4.57 Å². The van der Waals surface area contributed by atoms with Crippen molar-refractivity contribution in [3.63, 3.8) is 0 Å². The lowest BCUT2D eigenvalue weighted by Gasteiger charge is -2.07. The Balaban J connectivity index is 1.98. The number of rotatable bonds is 4. The summed E-state index contributed by atoms with van der Waals surface area (Å²) in [6.07, 6.45) is 2.16. The summed E-state index contributed by atoms with van der Waals surface area (Å²) in [5.41, 5.74) is 0.835. The van der Waals surface area contributed by atoms with Crippen LogP contribution in [0.2, 0.25) is 0 Å². The molecular weight excluding hydrogens is 283 g/mol. The van der Waals surface area contributed by atoms with Crippen molar-refractivity contribution in [3.05, 3.63) is 41.5 Å². The van der Waals surface area contributed by atoms with E-state index in [4.69, 9.17) is 5.14 Å². The number of nitrogens with zero attached hydrogens (tertiary/aromatic N) is 3. The number of primary sulfonamides is 1. The Labute approximate surface area is 115 Å². The molecule has 2 N–H and O–H groups in total. The van der Waals surface area contributed by atoms with Crippen LogP contribution in [0.5, 0.6) is 0 Å². The maximum atomic E-state index is 12.9. The molecule has 6 nitrogen and oxygen atoms in total. The Morgan fingerprint density at radius 2 is 1.90 bits per heavy atom. The third-order valence-corrected chi connectivity index (χ3v) is 3.96. The fraction of sp³-hybridized carbons (Fsp3) is 0.333. The summed E-state index contributed by atoms with van der Waals surface area (Å²) in [4.78, 5) is 0. The molecule has 0 spiro atoms. The minimum Gasteiger partial charge on any atom is -0.297 e. The van der Waals surface area contributed by atoms with Gasteiger partial charge < -0.3 is 0 Å². The first-order valence-electron chi connectivity index (χ1n) is 6.16. The van der Waals surface area contributed by atoms with Crippen molar-refractivity contribution in [1.29, 1.82) is 0 Å². The summed E-state index contributed by atoms with van der Waals surface area (Å²) in [5.74, 6) is 0.214. The van der Waals surface area contributed by atoms with Gasteiger partial charge in [0.2, 0.25) is 0 Å². The van der Waals surface area contributed by atoms with Crippen molar-refractivity contribution in [1.82, 2.24) is 14.8 Å². The Morgan fingerprint density at radius 3 is 2.45 bits per heavy atom. The number of hydrogen-bond donors (Lipinski definition) is 1. The Hall–Kier alpha value is -1.80. The topological polar surface area (TPSA) is 90.9 Å². The SMILES string of the molecule is NS(=O)(=O)c1nnc(Cc2ccc(F)cc2)n1C1CC1. The van der Waals surface area contributed by atoms with Crippen molar-refractivity contribution in [2.24, 2.45) is 5.14 Å². The van der Waals surface area contributed by atoms with Gasteiger partial charge in [0.05, 0.1) is 0 Å². The van der Waals surface area contributed by atoms with Gasteiger partial charge in [0.15, 0.2) is 0 Å². The minimum atomic E-state index is -3.89. The average Bonchev–Trinajstić information content (AvgIpc) is 3.12. The molecule has 0 unspecified atom stereocenters. The van der Waals surface area contributed by atoms with Crippen molar-refractivity contribution in [3.8, 4) is 0 Å². The highest BCUT2D eigenvalue weighted by molar-refractivity contribution is 7.89. The molecule has 1 fully saturated rings. The predicted octanol–water partition coefficient (Wildman–Crippen LogP) is 0.990. The van der Waals surface area contributed by atoms with Crippen molar-refractivity contribution in [2.75, 3.05) is 0 Å². The number of aromatic nitrogens is 3. The molecular formula is C12H13FN4O2S. The predicted molar refractivity (Wildman–Crippen MR) is 68.9 cm³/mol. The van der Waals surface area contributed by atoms with Gasteiger partial charge in [0.25, 0.3) is 15.2 Å². The van der Waals surface area contributed by atoms with Crippen LogP contribution < -0.4 is 5.14 Å². The molecule has 1 aromatic carbocycles. The van der Waals surface area contributed by atoms with Crippen LogP contribution in [0, 0.1) is 5.82 Å². The summed E-state index contributed by atoms with van der Waals surface area (Å²) in [7, 11) is -3.89. The van der Waals surface area contributed by atoms with Crippen LogP contribution in [0.15, 0.2) is 29.4 Å². The molecule has 0 bridgehead atoms. The van der Waals surface area contributed by atoms with Gasteiger partial charge in [-0.25, -0.2) is 17.9 Å². The maximum absolute atomic E-state index is 12.9. The van der Waals surface area contributed by atoms with E-state index in [0.717, 1.165) is 18.4 Å². The third kappa shape index (κ3) is 2.56. The van der Waals surface area contributed by atoms with Crippen LogP contribution in [-0.4, -0.2) is 23.2 Å². The molecule has 8 heteroatoms. The summed E-state index contributed by atoms with van der Waals surface area (Å²) in [6.45, 7) is 0. The number of hydrogen-bond acceptors (Lipinski definition) is 4. The highest BCUT2D eigenvalue weighted by Crippen LogP contribution is 2.37. The molecule has 0 atom stereocenters. The molecule has 1 heterocycles. The number of nitrogens with two attached hydrogens (primary N) is 1. The second-order valence-corrected chi connectivity index (χ2v) is 6.30. The molecule has 1 aliphatic carbocycles. The fourth-order valence-electron chi connectivity index (χ4n) is 2.11. The normalized spacial score (nSPS) is 15.5.